The summed E-state index contributed by atoms with van der Waals surface area (Å²) < 4.78 is 24.6. The quantitative estimate of drug-likeness (QED) is 0.680. The molecule has 0 aromatic rings. The van der Waals surface area contributed by atoms with Crippen LogP contribution in [0.3, 0.4) is 0 Å². The van der Waals surface area contributed by atoms with Gasteiger partial charge >= 0.3 is 0 Å². The van der Waals surface area contributed by atoms with Crippen LogP contribution in [0.15, 0.2) is 0 Å². The third-order valence-corrected chi connectivity index (χ3v) is 4.87. The molecule has 0 spiro atoms. The van der Waals surface area contributed by atoms with Gasteiger partial charge < -0.3 is 5.73 Å². The average Bonchev–Trinajstić information content (AvgIpc) is 2.28. The molecule has 16 heavy (non-hydrogen) atoms. The van der Waals surface area contributed by atoms with Gasteiger partial charge in [0.25, 0.3) is 0 Å². The third kappa shape index (κ3) is 2.93. The van der Waals surface area contributed by atoms with Crippen LogP contribution in [-0.4, -0.2) is 61.5 Å². The standard InChI is InChI=1S/C9H19N3O3S/c1-3-16(14,15)12-6-4-11(5-7-12)8(2)9(10)13/h8H,3-7H2,1-2H3,(H2,10,13). The van der Waals surface area contributed by atoms with Gasteiger partial charge in [0.15, 0.2) is 0 Å². The van der Waals surface area contributed by atoms with Gasteiger partial charge in [0.05, 0.1) is 11.8 Å². The van der Waals surface area contributed by atoms with Gasteiger partial charge in [-0.1, -0.05) is 0 Å². The van der Waals surface area contributed by atoms with Crippen molar-refractivity contribution in [2.24, 2.45) is 5.73 Å². The Morgan fingerprint density at radius 2 is 1.81 bits per heavy atom. The number of nitrogens with two attached hydrogens (primary N) is 1. The predicted molar refractivity (Wildman–Crippen MR) is 61.3 cm³/mol. The van der Waals surface area contributed by atoms with Gasteiger partial charge in [0.1, 0.15) is 0 Å². The fourth-order valence-electron chi connectivity index (χ4n) is 1.73. The van der Waals surface area contributed by atoms with Crippen LogP contribution in [0, 0.1) is 0 Å². The van der Waals surface area contributed by atoms with Crippen molar-refractivity contribution in [3.8, 4) is 0 Å². The summed E-state index contributed by atoms with van der Waals surface area (Å²) in [4.78, 5) is 12.9. The van der Waals surface area contributed by atoms with Gasteiger partial charge in [-0.05, 0) is 13.8 Å². The van der Waals surface area contributed by atoms with E-state index >= 15 is 0 Å². The number of rotatable bonds is 4. The predicted octanol–water partition coefficient (Wildman–Crippen LogP) is -1.17. The minimum Gasteiger partial charge on any atom is -0.368 e. The summed E-state index contributed by atoms with van der Waals surface area (Å²) in [6.45, 7) is 5.37. The Morgan fingerprint density at radius 3 is 2.19 bits per heavy atom. The van der Waals surface area contributed by atoms with Crippen molar-refractivity contribution < 1.29 is 13.2 Å². The van der Waals surface area contributed by atoms with Crippen LogP contribution in [0.4, 0.5) is 0 Å². The zero-order valence-electron chi connectivity index (χ0n) is 9.72. The van der Waals surface area contributed by atoms with Gasteiger partial charge in [-0.15, -0.1) is 0 Å². The number of carbonyl (C=O) groups is 1. The molecule has 1 heterocycles. The second kappa shape index (κ2) is 5.11. The maximum absolute atomic E-state index is 11.6. The minimum absolute atomic E-state index is 0.123. The third-order valence-electron chi connectivity index (χ3n) is 2.99. The summed E-state index contributed by atoms with van der Waals surface area (Å²) in [5.41, 5.74) is 5.20. The van der Waals surface area contributed by atoms with Gasteiger partial charge in [-0.2, -0.15) is 4.31 Å². The number of sulfonamides is 1. The van der Waals surface area contributed by atoms with E-state index in [-0.39, 0.29) is 17.7 Å². The van der Waals surface area contributed by atoms with Crippen molar-refractivity contribution in [1.29, 1.82) is 0 Å². The van der Waals surface area contributed by atoms with Crippen molar-refractivity contribution in [2.75, 3.05) is 31.9 Å². The molecule has 1 amide bonds. The molecule has 0 aromatic heterocycles. The van der Waals surface area contributed by atoms with Crippen molar-refractivity contribution in [3.63, 3.8) is 0 Å². The molecule has 1 rings (SSSR count). The van der Waals surface area contributed by atoms with Gasteiger partial charge in [0.2, 0.25) is 15.9 Å². The molecule has 1 fully saturated rings. The summed E-state index contributed by atoms with van der Waals surface area (Å²) in [6.07, 6.45) is 0. The number of amides is 1. The maximum Gasteiger partial charge on any atom is 0.234 e. The highest BCUT2D eigenvalue weighted by atomic mass is 32.2. The molecule has 2 N–H and O–H groups in total. The smallest absolute Gasteiger partial charge is 0.234 e. The highest BCUT2D eigenvalue weighted by Crippen LogP contribution is 2.10. The number of nitrogens with zero attached hydrogens (tertiary/aromatic N) is 2. The van der Waals surface area contributed by atoms with Crippen LogP contribution in [-0.2, 0) is 14.8 Å². The minimum atomic E-state index is -3.10. The zero-order valence-corrected chi connectivity index (χ0v) is 10.5. The number of hydrogen-bond acceptors (Lipinski definition) is 4. The molecule has 0 bridgehead atoms. The molecule has 0 aliphatic carbocycles. The Kier molecular flexibility index (Phi) is 4.28. The SMILES string of the molecule is CCS(=O)(=O)N1CCN(C(C)C(N)=O)CC1. The van der Waals surface area contributed by atoms with Gasteiger partial charge in [-0.3, -0.25) is 9.69 Å². The van der Waals surface area contributed by atoms with Crippen LogP contribution in [0.5, 0.6) is 0 Å². The van der Waals surface area contributed by atoms with Crippen LogP contribution in [0.1, 0.15) is 13.8 Å². The summed E-state index contributed by atoms with van der Waals surface area (Å²) in [6, 6.07) is -0.327. The molecule has 6 nitrogen and oxygen atoms in total. The van der Waals surface area contributed by atoms with E-state index in [1.165, 1.54) is 4.31 Å². The van der Waals surface area contributed by atoms with Crippen LogP contribution >= 0.6 is 0 Å². The number of primary amides is 1. The Labute approximate surface area is 96.4 Å². The number of piperazine rings is 1. The first kappa shape index (κ1) is 13.4. The van der Waals surface area contributed by atoms with Crippen molar-refractivity contribution in [3.05, 3.63) is 0 Å². The van der Waals surface area contributed by atoms with E-state index in [0.717, 1.165) is 0 Å². The topological polar surface area (TPSA) is 83.7 Å². The molecule has 1 saturated heterocycles. The fraction of sp³-hybridized carbons (Fsp3) is 0.889. The Bertz CT molecular complexity index is 347. The first-order valence-electron chi connectivity index (χ1n) is 5.39. The van der Waals surface area contributed by atoms with E-state index < -0.39 is 10.0 Å². The highest BCUT2D eigenvalue weighted by Gasteiger charge is 2.28. The molecule has 0 radical (unpaired) electrons. The summed E-state index contributed by atoms with van der Waals surface area (Å²) in [5, 5.41) is 0. The highest BCUT2D eigenvalue weighted by molar-refractivity contribution is 7.89. The lowest BCUT2D eigenvalue weighted by Gasteiger charge is -2.36. The summed E-state index contributed by atoms with van der Waals surface area (Å²) in [5.74, 6) is -0.245. The molecule has 1 aliphatic heterocycles. The van der Waals surface area contributed by atoms with Crippen molar-refractivity contribution in [1.82, 2.24) is 9.21 Å². The average molecular weight is 249 g/mol. The van der Waals surface area contributed by atoms with Crippen molar-refractivity contribution in [2.45, 2.75) is 19.9 Å². The first-order valence-corrected chi connectivity index (χ1v) is 7.00. The second-order valence-corrected chi connectivity index (χ2v) is 6.17. The van der Waals surface area contributed by atoms with E-state index in [9.17, 15) is 13.2 Å². The molecule has 1 unspecified atom stereocenters. The van der Waals surface area contributed by atoms with Gasteiger partial charge in [0, 0.05) is 26.2 Å². The second-order valence-electron chi connectivity index (χ2n) is 3.91. The monoisotopic (exact) mass is 249 g/mol. The zero-order chi connectivity index (χ0) is 12.3. The lowest BCUT2D eigenvalue weighted by atomic mass is 10.2. The fourth-order valence-corrected chi connectivity index (χ4v) is 2.82. The Morgan fingerprint density at radius 1 is 1.31 bits per heavy atom. The number of hydrogen-bond donors (Lipinski definition) is 1. The molecular formula is C9H19N3O3S. The van der Waals surface area contributed by atoms with E-state index in [2.05, 4.69) is 0 Å². The lowest BCUT2D eigenvalue weighted by molar-refractivity contribution is -0.123. The maximum atomic E-state index is 11.6. The molecule has 1 aliphatic rings. The lowest BCUT2D eigenvalue weighted by Crippen LogP contribution is -2.54. The van der Waals surface area contributed by atoms with Crippen molar-refractivity contribution >= 4 is 15.9 Å². The molecule has 7 heteroatoms. The van der Waals surface area contributed by atoms with E-state index in [0.29, 0.717) is 26.2 Å². The van der Waals surface area contributed by atoms with E-state index in [1.54, 1.807) is 13.8 Å². The molecule has 94 valence electrons. The molecule has 0 saturated carbocycles. The van der Waals surface area contributed by atoms with E-state index in [4.69, 9.17) is 5.73 Å². The largest absolute Gasteiger partial charge is 0.368 e. The summed E-state index contributed by atoms with van der Waals surface area (Å²) >= 11 is 0. The van der Waals surface area contributed by atoms with Crippen LogP contribution < -0.4 is 5.73 Å². The Balaban J connectivity index is 2.55. The van der Waals surface area contributed by atoms with Gasteiger partial charge in [-0.25, -0.2) is 8.42 Å². The summed E-state index contributed by atoms with van der Waals surface area (Å²) in [7, 11) is -3.10. The first-order chi connectivity index (χ1) is 7.38. The van der Waals surface area contributed by atoms with Crippen LogP contribution in [0.25, 0.3) is 0 Å². The molecular weight excluding hydrogens is 230 g/mol. The molecule has 1 atom stereocenters. The molecule has 0 aromatic carbocycles. The van der Waals surface area contributed by atoms with Crippen LogP contribution in [0.2, 0.25) is 0 Å². The normalized spacial score (nSPS) is 21.9. The Hall–Kier alpha value is -0.660. The number of carbonyl (C=O) groups excluding carboxylic acids is 1. The van der Waals surface area contributed by atoms with E-state index in [1.807, 2.05) is 4.90 Å².